The number of aryl methyl sites for hydroxylation is 1. The summed E-state index contributed by atoms with van der Waals surface area (Å²) in [6, 6.07) is 7.99. The molecule has 8 heteroatoms. The molecule has 25 heavy (non-hydrogen) atoms. The summed E-state index contributed by atoms with van der Waals surface area (Å²) in [6.45, 7) is 7.01. The molecule has 1 unspecified atom stereocenters. The molecule has 0 bridgehead atoms. The van der Waals surface area contributed by atoms with Gasteiger partial charge >= 0.3 is 0 Å². The fraction of sp³-hybridized carbons (Fsp3) is 0.353. The molecule has 0 aliphatic carbocycles. The number of rotatable bonds is 5. The zero-order chi connectivity index (χ0) is 17.4. The molecule has 3 heterocycles. The van der Waals surface area contributed by atoms with E-state index in [4.69, 9.17) is 4.98 Å². The number of aromatic amines is 1. The van der Waals surface area contributed by atoms with Gasteiger partial charge in [-0.25, -0.2) is 19.6 Å². The maximum absolute atomic E-state index is 4.73. The molecule has 128 valence electrons. The molecule has 0 amide bonds. The lowest BCUT2D eigenvalue weighted by Crippen LogP contribution is -2.19. The fourth-order valence-corrected chi connectivity index (χ4v) is 2.93. The van der Waals surface area contributed by atoms with Crippen LogP contribution in [0.1, 0.15) is 32.6 Å². The van der Waals surface area contributed by atoms with Crippen LogP contribution in [0.15, 0.2) is 30.6 Å². The van der Waals surface area contributed by atoms with Crippen molar-refractivity contribution in [3.05, 3.63) is 36.4 Å². The largest absolute Gasteiger partial charge is 0.358 e. The highest BCUT2D eigenvalue weighted by Crippen LogP contribution is 2.27. The van der Waals surface area contributed by atoms with Crippen LogP contribution in [-0.4, -0.2) is 34.9 Å². The summed E-state index contributed by atoms with van der Waals surface area (Å²) in [4.78, 5) is 16.8. The summed E-state index contributed by atoms with van der Waals surface area (Å²) in [5, 5.41) is 11.8. The molecule has 0 aliphatic rings. The van der Waals surface area contributed by atoms with Crippen LogP contribution in [0.25, 0.3) is 22.2 Å². The summed E-state index contributed by atoms with van der Waals surface area (Å²) in [5.41, 5.74) is 3.38. The number of hydrogen-bond donors (Lipinski definition) is 2. The summed E-state index contributed by atoms with van der Waals surface area (Å²) in [6.07, 6.45) is 1.54. The van der Waals surface area contributed by atoms with Crippen molar-refractivity contribution in [2.24, 2.45) is 5.92 Å². The van der Waals surface area contributed by atoms with Crippen LogP contribution in [0.3, 0.4) is 0 Å². The highest BCUT2D eigenvalue weighted by Gasteiger charge is 2.22. The van der Waals surface area contributed by atoms with E-state index in [-0.39, 0.29) is 6.04 Å². The molecular formula is C17H20N8. The topological polar surface area (TPSA) is 97.2 Å². The summed E-state index contributed by atoms with van der Waals surface area (Å²) < 4.78 is 1.76. The van der Waals surface area contributed by atoms with E-state index in [1.807, 2.05) is 31.2 Å². The lowest BCUT2D eigenvalue weighted by molar-refractivity contribution is 0.525. The van der Waals surface area contributed by atoms with Crippen LogP contribution < -0.4 is 5.32 Å². The number of aromatic nitrogens is 7. The van der Waals surface area contributed by atoms with Crippen LogP contribution in [0.5, 0.6) is 0 Å². The second kappa shape index (κ2) is 6.12. The quantitative estimate of drug-likeness (QED) is 0.581. The number of nitrogens with one attached hydrogen (secondary N) is 2. The average Bonchev–Trinajstić information content (AvgIpc) is 3.23. The summed E-state index contributed by atoms with van der Waals surface area (Å²) >= 11 is 0. The molecule has 4 aromatic rings. The van der Waals surface area contributed by atoms with Crippen LogP contribution in [-0.2, 0) is 6.54 Å². The SMILES string of the molecule is CCn1nnc2c(NC(c3nc4ccccc4[nH]3)C(C)C)ncnc21. The van der Waals surface area contributed by atoms with Gasteiger partial charge < -0.3 is 10.3 Å². The van der Waals surface area contributed by atoms with Gasteiger partial charge in [-0.2, -0.15) is 0 Å². The van der Waals surface area contributed by atoms with Crippen molar-refractivity contribution >= 4 is 28.0 Å². The van der Waals surface area contributed by atoms with Crippen LogP contribution in [0, 0.1) is 5.92 Å². The maximum Gasteiger partial charge on any atom is 0.183 e. The van der Waals surface area contributed by atoms with Crippen molar-refractivity contribution in [3.63, 3.8) is 0 Å². The number of imidazole rings is 1. The molecule has 0 radical (unpaired) electrons. The Morgan fingerprint density at radius 1 is 1.20 bits per heavy atom. The molecule has 3 aromatic heterocycles. The predicted molar refractivity (Wildman–Crippen MR) is 96.1 cm³/mol. The average molecular weight is 336 g/mol. The maximum atomic E-state index is 4.73. The first-order valence-electron chi connectivity index (χ1n) is 8.42. The van der Waals surface area contributed by atoms with Crippen LogP contribution >= 0.6 is 0 Å². The highest BCUT2D eigenvalue weighted by atomic mass is 15.4. The first-order chi connectivity index (χ1) is 12.2. The number of fused-ring (bicyclic) bond motifs is 2. The summed E-state index contributed by atoms with van der Waals surface area (Å²) in [7, 11) is 0. The number of H-pyrrole nitrogens is 1. The van der Waals surface area contributed by atoms with E-state index in [2.05, 4.69) is 44.4 Å². The Morgan fingerprint density at radius 2 is 2.04 bits per heavy atom. The zero-order valence-corrected chi connectivity index (χ0v) is 14.4. The van der Waals surface area contributed by atoms with Gasteiger partial charge in [-0.3, -0.25) is 0 Å². The smallest absolute Gasteiger partial charge is 0.183 e. The monoisotopic (exact) mass is 336 g/mol. The molecule has 0 aliphatic heterocycles. The second-order valence-corrected chi connectivity index (χ2v) is 6.30. The van der Waals surface area contributed by atoms with E-state index in [0.29, 0.717) is 23.8 Å². The van der Waals surface area contributed by atoms with E-state index in [1.165, 1.54) is 6.33 Å². The Bertz CT molecular complexity index is 983. The minimum atomic E-state index is -0.0303. The van der Waals surface area contributed by atoms with Crippen LogP contribution in [0.2, 0.25) is 0 Å². The van der Waals surface area contributed by atoms with Gasteiger partial charge in [-0.15, -0.1) is 5.10 Å². The molecular weight excluding hydrogens is 316 g/mol. The minimum absolute atomic E-state index is 0.0303. The van der Waals surface area contributed by atoms with E-state index in [0.717, 1.165) is 22.5 Å². The van der Waals surface area contributed by atoms with Crippen LogP contribution in [0.4, 0.5) is 5.82 Å². The van der Waals surface area contributed by atoms with Gasteiger partial charge in [0.05, 0.1) is 17.1 Å². The first kappa shape index (κ1) is 15.5. The van der Waals surface area contributed by atoms with Gasteiger partial charge in [0.2, 0.25) is 0 Å². The van der Waals surface area contributed by atoms with Gasteiger partial charge in [-0.1, -0.05) is 31.2 Å². The third-order valence-electron chi connectivity index (χ3n) is 4.26. The van der Waals surface area contributed by atoms with Crippen molar-refractivity contribution in [3.8, 4) is 0 Å². The molecule has 0 saturated carbocycles. The molecule has 1 aromatic carbocycles. The molecule has 8 nitrogen and oxygen atoms in total. The van der Waals surface area contributed by atoms with Gasteiger partial charge in [0, 0.05) is 6.54 Å². The number of para-hydroxylation sites is 2. The molecule has 1 atom stereocenters. The van der Waals surface area contributed by atoms with E-state index < -0.39 is 0 Å². The van der Waals surface area contributed by atoms with Crippen molar-refractivity contribution in [2.75, 3.05) is 5.32 Å². The first-order valence-corrected chi connectivity index (χ1v) is 8.42. The number of anilines is 1. The lowest BCUT2D eigenvalue weighted by Gasteiger charge is -2.20. The van der Waals surface area contributed by atoms with Gasteiger partial charge in [0.1, 0.15) is 12.2 Å². The summed E-state index contributed by atoms with van der Waals surface area (Å²) in [5.74, 6) is 1.85. The molecule has 0 spiro atoms. The van der Waals surface area contributed by atoms with Gasteiger partial charge in [-0.05, 0) is 25.0 Å². The predicted octanol–water partition coefficient (Wildman–Crippen LogP) is 2.93. The number of benzene rings is 1. The normalized spacial score (nSPS) is 13.0. The van der Waals surface area contributed by atoms with E-state index in [9.17, 15) is 0 Å². The minimum Gasteiger partial charge on any atom is -0.358 e. The fourth-order valence-electron chi connectivity index (χ4n) is 2.93. The Hall–Kier alpha value is -3.03. The number of hydrogen-bond acceptors (Lipinski definition) is 6. The Morgan fingerprint density at radius 3 is 2.80 bits per heavy atom. The molecule has 4 rings (SSSR count). The van der Waals surface area contributed by atoms with Crippen molar-refractivity contribution < 1.29 is 0 Å². The zero-order valence-electron chi connectivity index (χ0n) is 14.4. The third kappa shape index (κ3) is 2.69. The van der Waals surface area contributed by atoms with Crippen molar-refractivity contribution in [1.82, 2.24) is 34.9 Å². The molecule has 0 fully saturated rings. The van der Waals surface area contributed by atoms with Crippen molar-refractivity contribution in [1.29, 1.82) is 0 Å². The molecule has 2 N–H and O–H groups in total. The van der Waals surface area contributed by atoms with E-state index >= 15 is 0 Å². The lowest BCUT2D eigenvalue weighted by atomic mass is 10.0. The standard InChI is InChI=1S/C17H20N8/c1-4-25-17-14(23-24-25)15(18-9-19-17)22-13(10(2)3)16-20-11-7-5-6-8-12(11)21-16/h5-10,13H,4H2,1-3H3,(H,20,21)(H,18,19,22). The second-order valence-electron chi connectivity index (χ2n) is 6.30. The number of nitrogens with zero attached hydrogens (tertiary/aromatic N) is 6. The van der Waals surface area contributed by atoms with E-state index in [1.54, 1.807) is 4.68 Å². The highest BCUT2D eigenvalue weighted by molar-refractivity contribution is 5.82. The van der Waals surface area contributed by atoms with Gasteiger partial charge in [0.25, 0.3) is 0 Å². The van der Waals surface area contributed by atoms with Crippen molar-refractivity contribution in [2.45, 2.75) is 33.4 Å². The Balaban J connectivity index is 1.74. The Labute approximate surface area is 144 Å². The Kier molecular flexibility index (Phi) is 3.79. The third-order valence-corrected chi connectivity index (χ3v) is 4.26. The van der Waals surface area contributed by atoms with Gasteiger partial charge in [0.15, 0.2) is 17.0 Å². The molecule has 0 saturated heterocycles.